The predicted octanol–water partition coefficient (Wildman–Crippen LogP) is 5.83. The number of benzene rings is 3. The zero-order valence-corrected chi connectivity index (χ0v) is 21.6. The molecule has 1 unspecified atom stereocenters. The second kappa shape index (κ2) is 11.9. The summed E-state index contributed by atoms with van der Waals surface area (Å²) in [7, 11) is 4.18. The molecule has 3 aromatic carbocycles. The minimum absolute atomic E-state index is 0.107. The van der Waals surface area contributed by atoms with E-state index >= 15 is 0 Å². The van der Waals surface area contributed by atoms with Gasteiger partial charge in [0.15, 0.2) is 11.5 Å². The maximum atomic E-state index is 13.3. The molecule has 0 saturated carbocycles. The summed E-state index contributed by atoms with van der Waals surface area (Å²) in [5.41, 5.74) is 5.30. The van der Waals surface area contributed by atoms with Crippen molar-refractivity contribution in [2.24, 2.45) is 4.99 Å². The first-order valence-electron chi connectivity index (χ1n) is 12.6. The van der Waals surface area contributed by atoms with E-state index in [-0.39, 0.29) is 5.91 Å². The second-order valence-corrected chi connectivity index (χ2v) is 9.11. The van der Waals surface area contributed by atoms with E-state index in [0.717, 1.165) is 41.9 Å². The van der Waals surface area contributed by atoms with E-state index in [2.05, 4.69) is 36.4 Å². The molecule has 0 radical (unpaired) electrons. The van der Waals surface area contributed by atoms with Crippen LogP contribution in [0.4, 0.5) is 11.4 Å². The van der Waals surface area contributed by atoms with Crippen molar-refractivity contribution < 1.29 is 14.3 Å². The fraction of sp³-hybridized carbons (Fsp3) is 0.333. The Labute approximate surface area is 214 Å². The second-order valence-electron chi connectivity index (χ2n) is 9.11. The summed E-state index contributed by atoms with van der Waals surface area (Å²) in [6.07, 6.45) is 2.13. The smallest absolute Gasteiger partial charge is 0.238 e. The Balaban J connectivity index is 1.72. The third kappa shape index (κ3) is 5.94. The van der Waals surface area contributed by atoms with E-state index in [0.29, 0.717) is 30.4 Å². The van der Waals surface area contributed by atoms with Crippen molar-refractivity contribution in [2.45, 2.75) is 32.6 Å². The lowest BCUT2D eigenvalue weighted by Crippen LogP contribution is -2.22. The quantitative estimate of drug-likeness (QED) is 0.347. The van der Waals surface area contributed by atoms with Crippen LogP contribution < -0.4 is 14.8 Å². The van der Waals surface area contributed by atoms with E-state index < -0.39 is 5.92 Å². The number of aryl methyl sites for hydroxylation is 1. The van der Waals surface area contributed by atoms with Gasteiger partial charge in [0, 0.05) is 11.8 Å². The number of ether oxygens (including phenoxy) is 2. The zero-order chi connectivity index (χ0) is 25.5. The topological polar surface area (TPSA) is 63.2 Å². The molecule has 1 heterocycles. The van der Waals surface area contributed by atoms with Crippen LogP contribution in [-0.4, -0.2) is 50.4 Å². The summed E-state index contributed by atoms with van der Waals surface area (Å²) in [5.74, 6) is 0.595. The molecule has 1 amide bonds. The van der Waals surface area contributed by atoms with Crippen LogP contribution in [0.25, 0.3) is 0 Å². The molecule has 4 rings (SSSR count). The highest BCUT2D eigenvalue weighted by Gasteiger charge is 2.36. The van der Waals surface area contributed by atoms with Gasteiger partial charge < -0.3 is 19.7 Å². The van der Waals surface area contributed by atoms with E-state index in [9.17, 15) is 4.79 Å². The van der Waals surface area contributed by atoms with E-state index in [4.69, 9.17) is 14.5 Å². The average molecular weight is 486 g/mol. The van der Waals surface area contributed by atoms with Gasteiger partial charge in [-0.15, -0.1) is 0 Å². The first-order chi connectivity index (χ1) is 17.5. The third-order valence-electron chi connectivity index (χ3n) is 6.15. The van der Waals surface area contributed by atoms with Crippen LogP contribution >= 0.6 is 0 Å². The highest BCUT2D eigenvalue weighted by molar-refractivity contribution is 6.24. The summed E-state index contributed by atoms with van der Waals surface area (Å²) in [4.78, 5) is 20.5. The molecule has 36 heavy (non-hydrogen) atoms. The standard InChI is InChI=1S/C30H35N3O3/c1-5-35-26-19-24-25(20-27(26)36-6-2)32-30(34)28(24)29(22-12-8-7-9-13-22)31-23-16-14-21(15-17-23)11-10-18-33(3)4/h7-9,12-17,19-20,28H,5-6,10-11,18H2,1-4H3,(H,32,34). The van der Waals surface area contributed by atoms with Gasteiger partial charge in [-0.1, -0.05) is 42.5 Å². The molecule has 3 aromatic rings. The van der Waals surface area contributed by atoms with Gasteiger partial charge in [-0.3, -0.25) is 9.79 Å². The van der Waals surface area contributed by atoms with Gasteiger partial charge in [0.25, 0.3) is 0 Å². The Morgan fingerprint density at radius 3 is 2.25 bits per heavy atom. The fourth-order valence-electron chi connectivity index (χ4n) is 4.46. The van der Waals surface area contributed by atoms with E-state index in [1.165, 1.54) is 5.56 Å². The Hall–Kier alpha value is -3.64. The van der Waals surface area contributed by atoms with Crippen molar-refractivity contribution in [3.8, 4) is 11.5 Å². The molecule has 188 valence electrons. The van der Waals surface area contributed by atoms with E-state index in [1.54, 1.807) is 0 Å². The van der Waals surface area contributed by atoms with Crippen LogP contribution in [0.15, 0.2) is 71.7 Å². The average Bonchev–Trinajstić information content (AvgIpc) is 3.18. The molecule has 6 heteroatoms. The van der Waals surface area contributed by atoms with Crippen molar-refractivity contribution in [1.82, 2.24) is 4.90 Å². The lowest BCUT2D eigenvalue weighted by atomic mass is 9.90. The monoisotopic (exact) mass is 485 g/mol. The molecule has 1 aliphatic rings. The minimum atomic E-state index is -0.558. The number of hydrogen-bond donors (Lipinski definition) is 1. The number of nitrogens with zero attached hydrogens (tertiary/aromatic N) is 2. The largest absolute Gasteiger partial charge is 0.490 e. The molecule has 0 saturated heterocycles. The first kappa shape index (κ1) is 25.5. The van der Waals surface area contributed by atoms with Gasteiger partial charge >= 0.3 is 0 Å². The van der Waals surface area contributed by atoms with Crippen LogP contribution in [0, 0.1) is 0 Å². The lowest BCUT2D eigenvalue weighted by Gasteiger charge is -2.16. The van der Waals surface area contributed by atoms with Crippen LogP contribution in [0.2, 0.25) is 0 Å². The van der Waals surface area contributed by atoms with Crippen LogP contribution in [0.3, 0.4) is 0 Å². The molecular weight excluding hydrogens is 450 g/mol. The first-order valence-corrected chi connectivity index (χ1v) is 12.6. The molecule has 1 aliphatic heterocycles. The maximum absolute atomic E-state index is 13.3. The molecule has 0 bridgehead atoms. The normalized spacial score (nSPS) is 15.1. The van der Waals surface area contributed by atoms with E-state index in [1.807, 2.05) is 68.4 Å². The van der Waals surface area contributed by atoms with Gasteiger partial charge in [0.1, 0.15) is 5.92 Å². The maximum Gasteiger partial charge on any atom is 0.238 e. The van der Waals surface area contributed by atoms with Crippen molar-refractivity contribution in [3.05, 3.63) is 83.4 Å². The lowest BCUT2D eigenvalue weighted by molar-refractivity contribution is -0.115. The summed E-state index contributed by atoms with van der Waals surface area (Å²) in [5, 5.41) is 3.03. The van der Waals surface area contributed by atoms with Crippen molar-refractivity contribution in [3.63, 3.8) is 0 Å². The molecule has 0 aromatic heterocycles. The minimum Gasteiger partial charge on any atom is -0.490 e. The Kier molecular flexibility index (Phi) is 8.39. The number of anilines is 1. The Morgan fingerprint density at radius 2 is 1.61 bits per heavy atom. The highest BCUT2D eigenvalue weighted by Crippen LogP contribution is 2.43. The predicted molar refractivity (Wildman–Crippen MR) is 146 cm³/mol. The van der Waals surface area contributed by atoms with Crippen molar-refractivity contribution in [1.29, 1.82) is 0 Å². The van der Waals surface area contributed by atoms with Crippen LogP contribution in [-0.2, 0) is 11.2 Å². The fourth-order valence-corrected chi connectivity index (χ4v) is 4.46. The SMILES string of the molecule is CCOc1cc2c(cc1OCC)C(C(=Nc1ccc(CCCN(C)C)cc1)c1ccccc1)C(=O)N2. The number of amides is 1. The Morgan fingerprint density at radius 1 is 0.944 bits per heavy atom. The molecule has 6 nitrogen and oxygen atoms in total. The number of hydrogen-bond acceptors (Lipinski definition) is 5. The van der Waals surface area contributed by atoms with Crippen LogP contribution in [0.5, 0.6) is 11.5 Å². The third-order valence-corrected chi connectivity index (χ3v) is 6.15. The number of rotatable bonds is 11. The Bertz CT molecular complexity index is 1200. The number of carbonyl (C=O) groups is 1. The van der Waals surface area contributed by atoms with Gasteiger partial charge in [0.05, 0.1) is 24.6 Å². The molecule has 0 aliphatic carbocycles. The van der Waals surface area contributed by atoms with Gasteiger partial charge in [0.2, 0.25) is 5.91 Å². The van der Waals surface area contributed by atoms with Crippen LogP contribution in [0.1, 0.15) is 42.9 Å². The number of fused-ring (bicyclic) bond motifs is 1. The molecule has 1 atom stereocenters. The summed E-state index contributed by atoms with van der Waals surface area (Å²) in [6.45, 7) is 5.94. The highest BCUT2D eigenvalue weighted by atomic mass is 16.5. The zero-order valence-electron chi connectivity index (χ0n) is 21.6. The number of aliphatic imine (C=N–C) groups is 1. The molecule has 0 fully saturated rings. The number of carbonyl (C=O) groups excluding carboxylic acids is 1. The van der Waals surface area contributed by atoms with Crippen molar-refractivity contribution >= 4 is 23.0 Å². The molecular formula is C30H35N3O3. The summed E-state index contributed by atoms with van der Waals surface area (Å²) >= 11 is 0. The molecule has 1 N–H and O–H groups in total. The molecule has 0 spiro atoms. The number of nitrogens with one attached hydrogen (secondary N) is 1. The van der Waals surface area contributed by atoms with Gasteiger partial charge in [-0.05, 0) is 82.2 Å². The van der Waals surface area contributed by atoms with Crippen molar-refractivity contribution in [2.75, 3.05) is 39.2 Å². The summed E-state index contributed by atoms with van der Waals surface area (Å²) in [6, 6.07) is 22.0. The summed E-state index contributed by atoms with van der Waals surface area (Å²) < 4.78 is 11.6. The van der Waals surface area contributed by atoms with Gasteiger partial charge in [-0.2, -0.15) is 0 Å². The van der Waals surface area contributed by atoms with Gasteiger partial charge in [-0.25, -0.2) is 0 Å².